The van der Waals surface area contributed by atoms with Crippen molar-refractivity contribution in [3.05, 3.63) is 83.4 Å². The molecule has 5 nitrogen and oxygen atoms in total. The second kappa shape index (κ2) is 5.94. The van der Waals surface area contributed by atoms with Crippen LogP contribution >= 0.6 is 0 Å². The van der Waals surface area contributed by atoms with Gasteiger partial charge in [0.2, 0.25) is 5.76 Å². The molecule has 0 aliphatic carbocycles. The largest absolute Gasteiger partial charge is 0.475 e. The molecule has 0 amide bonds. The Kier molecular flexibility index (Phi) is 3.61. The van der Waals surface area contributed by atoms with E-state index >= 15 is 0 Å². The lowest BCUT2D eigenvalue weighted by molar-refractivity contribution is 0.0660. The van der Waals surface area contributed by atoms with Crippen LogP contribution in [0.3, 0.4) is 0 Å². The SMILES string of the molecule is Cc1ccc2c(Cc3ccc(C(=O)O)o3)c(-c3ccccc3)nn2c1. The third-order valence-electron chi connectivity index (χ3n) is 4.15. The first-order chi connectivity index (χ1) is 12.1. The van der Waals surface area contributed by atoms with Gasteiger partial charge in [-0.1, -0.05) is 36.4 Å². The number of carbonyl (C=O) groups is 1. The average molecular weight is 332 g/mol. The fraction of sp³-hybridized carbons (Fsp3) is 0.100. The molecule has 0 saturated heterocycles. The summed E-state index contributed by atoms with van der Waals surface area (Å²) in [6.45, 7) is 2.02. The minimum absolute atomic E-state index is 0.0522. The van der Waals surface area contributed by atoms with Crippen LogP contribution < -0.4 is 0 Å². The molecule has 0 unspecified atom stereocenters. The number of aromatic nitrogens is 2. The standard InChI is InChI=1S/C20H16N2O3/c1-13-7-9-17-16(11-15-8-10-18(25-15)20(23)24)19(21-22(17)12-13)14-5-3-2-4-6-14/h2-10,12H,11H2,1H3,(H,23,24). The summed E-state index contributed by atoms with van der Waals surface area (Å²) in [5.74, 6) is -0.515. The highest BCUT2D eigenvalue weighted by Gasteiger charge is 2.17. The van der Waals surface area contributed by atoms with Crippen molar-refractivity contribution in [2.45, 2.75) is 13.3 Å². The monoisotopic (exact) mass is 332 g/mol. The summed E-state index contributed by atoms with van der Waals surface area (Å²) >= 11 is 0. The van der Waals surface area contributed by atoms with E-state index in [1.54, 1.807) is 6.07 Å². The van der Waals surface area contributed by atoms with Crippen molar-refractivity contribution < 1.29 is 14.3 Å². The molecule has 0 atom stereocenters. The highest BCUT2D eigenvalue weighted by Crippen LogP contribution is 2.29. The van der Waals surface area contributed by atoms with Gasteiger partial charge in [-0.25, -0.2) is 9.31 Å². The van der Waals surface area contributed by atoms with Crippen molar-refractivity contribution in [2.24, 2.45) is 0 Å². The summed E-state index contributed by atoms with van der Waals surface area (Å²) in [5, 5.41) is 13.8. The Bertz CT molecular complexity index is 1060. The van der Waals surface area contributed by atoms with Crippen LogP contribution in [0.5, 0.6) is 0 Å². The molecule has 0 fully saturated rings. The molecule has 5 heteroatoms. The number of carboxylic acids is 1. The van der Waals surface area contributed by atoms with E-state index in [0.29, 0.717) is 12.2 Å². The number of pyridine rings is 1. The van der Waals surface area contributed by atoms with Gasteiger partial charge in [-0.3, -0.25) is 0 Å². The predicted octanol–water partition coefficient (Wildman–Crippen LogP) is 4.19. The first kappa shape index (κ1) is 15.2. The molecule has 0 aliphatic rings. The van der Waals surface area contributed by atoms with Crippen LogP contribution in [0.25, 0.3) is 16.8 Å². The minimum Gasteiger partial charge on any atom is -0.475 e. The molecule has 4 aromatic rings. The fourth-order valence-electron chi connectivity index (χ4n) is 2.97. The van der Waals surface area contributed by atoms with Gasteiger partial charge in [0.1, 0.15) is 5.76 Å². The first-order valence-corrected chi connectivity index (χ1v) is 7.97. The Morgan fingerprint density at radius 2 is 1.92 bits per heavy atom. The first-order valence-electron chi connectivity index (χ1n) is 7.97. The van der Waals surface area contributed by atoms with Crippen molar-refractivity contribution in [1.82, 2.24) is 9.61 Å². The van der Waals surface area contributed by atoms with Gasteiger partial charge < -0.3 is 9.52 Å². The van der Waals surface area contributed by atoms with Gasteiger partial charge in [0, 0.05) is 23.7 Å². The van der Waals surface area contributed by atoms with Crippen LogP contribution in [-0.4, -0.2) is 20.7 Å². The van der Waals surface area contributed by atoms with E-state index in [1.807, 2.05) is 60.1 Å². The molecule has 1 N–H and O–H groups in total. The number of nitrogens with zero attached hydrogens (tertiary/aromatic N) is 2. The Morgan fingerprint density at radius 3 is 2.64 bits per heavy atom. The molecular weight excluding hydrogens is 316 g/mol. The zero-order valence-corrected chi connectivity index (χ0v) is 13.6. The van der Waals surface area contributed by atoms with Crippen molar-refractivity contribution >= 4 is 11.5 Å². The van der Waals surface area contributed by atoms with Crippen molar-refractivity contribution in [3.8, 4) is 11.3 Å². The molecule has 124 valence electrons. The van der Waals surface area contributed by atoms with E-state index in [9.17, 15) is 4.79 Å². The molecule has 0 radical (unpaired) electrons. The lowest BCUT2D eigenvalue weighted by Gasteiger charge is -2.02. The highest BCUT2D eigenvalue weighted by atomic mass is 16.4. The summed E-state index contributed by atoms with van der Waals surface area (Å²) in [6.07, 6.45) is 2.46. The molecule has 1 aromatic carbocycles. The van der Waals surface area contributed by atoms with Gasteiger partial charge in [-0.2, -0.15) is 5.10 Å². The van der Waals surface area contributed by atoms with E-state index in [4.69, 9.17) is 14.6 Å². The lowest BCUT2D eigenvalue weighted by atomic mass is 10.0. The van der Waals surface area contributed by atoms with Crippen LogP contribution in [0.4, 0.5) is 0 Å². The second-order valence-corrected chi connectivity index (χ2v) is 5.98. The van der Waals surface area contributed by atoms with Crippen LogP contribution in [0.1, 0.15) is 27.4 Å². The number of furan rings is 1. The smallest absolute Gasteiger partial charge is 0.371 e. The van der Waals surface area contributed by atoms with E-state index in [1.165, 1.54) is 6.07 Å². The molecule has 0 aliphatic heterocycles. The number of aryl methyl sites for hydroxylation is 1. The maximum atomic E-state index is 11.0. The molecule has 3 heterocycles. The molecule has 0 spiro atoms. The Morgan fingerprint density at radius 1 is 1.12 bits per heavy atom. The van der Waals surface area contributed by atoms with E-state index in [0.717, 1.165) is 27.9 Å². The molecule has 3 aromatic heterocycles. The third kappa shape index (κ3) is 2.80. The highest BCUT2D eigenvalue weighted by molar-refractivity contribution is 5.84. The normalized spacial score (nSPS) is 11.1. The number of carboxylic acid groups (broad SMARTS) is 1. The van der Waals surface area contributed by atoms with Crippen molar-refractivity contribution in [2.75, 3.05) is 0 Å². The topological polar surface area (TPSA) is 67.7 Å². The summed E-state index contributed by atoms with van der Waals surface area (Å²) in [4.78, 5) is 11.0. The van der Waals surface area contributed by atoms with E-state index < -0.39 is 5.97 Å². The van der Waals surface area contributed by atoms with Gasteiger partial charge in [-0.05, 0) is 30.7 Å². The molecular formula is C20H16N2O3. The number of hydrogen-bond acceptors (Lipinski definition) is 3. The quantitative estimate of drug-likeness (QED) is 0.608. The van der Waals surface area contributed by atoms with Gasteiger partial charge in [-0.15, -0.1) is 0 Å². The van der Waals surface area contributed by atoms with Gasteiger partial charge in [0.15, 0.2) is 0 Å². The predicted molar refractivity (Wildman–Crippen MR) is 93.8 cm³/mol. The Labute approximate surface area is 144 Å². The molecule has 0 bridgehead atoms. The number of hydrogen-bond donors (Lipinski definition) is 1. The van der Waals surface area contributed by atoms with Gasteiger partial charge in [0.25, 0.3) is 0 Å². The zero-order valence-electron chi connectivity index (χ0n) is 13.6. The van der Waals surface area contributed by atoms with E-state index in [2.05, 4.69) is 0 Å². The van der Waals surface area contributed by atoms with Crippen LogP contribution in [0, 0.1) is 6.92 Å². The maximum Gasteiger partial charge on any atom is 0.371 e. The average Bonchev–Trinajstić information content (AvgIpc) is 3.21. The van der Waals surface area contributed by atoms with Crippen molar-refractivity contribution in [1.29, 1.82) is 0 Å². The van der Waals surface area contributed by atoms with Crippen molar-refractivity contribution in [3.63, 3.8) is 0 Å². The zero-order chi connectivity index (χ0) is 17.4. The van der Waals surface area contributed by atoms with Crippen LogP contribution in [0.15, 0.2) is 65.2 Å². The number of rotatable bonds is 4. The van der Waals surface area contributed by atoms with Crippen LogP contribution in [-0.2, 0) is 6.42 Å². The fourth-order valence-corrected chi connectivity index (χ4v) is 2.97. The van der Waals surface area contributed by atoms with Gasteiger partial charge >= 0.3 is 5.97 Å². The summed E-state index contributed by atoms with van der Waals surface area (Å²) < 4.78 is 7.31. The summed E-state index contributed by atoms with van der Waals surface area (Å²) in [6, 6.07) is 17.2. The third-order valence-corrected chi connectivity index (χ3v) is 4.15. The Balaban J connectivity index is 1.86. The maximum absolute atomic E-state index is 11.0. The summed E-state index contributed by atoms with van der Waals surface area (Å²) in [7, 11) is 0. The molecule has 25 heavy (non-hydrogen) atoms. The summed E-state index contributed by atoms with van der Waals surface area (Å²) in [5.41, 5.74) is 5.01. The number of aromatic carboxylic acids is 1. The number of benzene rings is 1. The van der Waals surface area contributed by atoms with Gasteiger partial charge in [0.05, 0.1) is 11.2 Å². The second-order valence-electron chi connectivity index (χ2n) is 5.98. The van der Waals surface area contributed by atoms with Crippen LogP contribution in [0.2, 0.25) is 0 Å². The molecule has 0 saturated carbocycles. The lowest BCUT2D eigenvalue weighted by Crippen LogP contribution is -1.93. The minimum atomic E-state index is -1.06. The molecule has 4 rings (SSSR count). The Hall–Kier alpha value is -3.34. The number of fused-ring (bicyclic) bond motifs is 1. The van der Waals surface area contributed by atoms with E-state index in [-0.39, 0.29) is 5.76 Å².